The first-order valence-corrected chi connectivity index (χ1v) is 8.93. The summed E-state index contributed by atoms with van der Waals surface area (Å²) in [7, 11) is 0. The summed E-state index contributed by atoms with van der Waals surface area (Å²) in [6, 6.07) is 11.6. The van der Waals surface area contributed by atoms with Crippen molar-refractivity contribution in [3.05, 3.63) is 48.3 Å². The largest absolute Gasteiger partial charge is 0.480 e. The van der Waals surface area contributed by atoms with Crippen LogP contribution < -0.4 is 5.32 Å². The number of hydrogen-bond acceptors (Lipinski definition) is 4. The number of rotatable bonds is 4. The number of carbonyl (C=O) groups is 1. The van der Waals surface area contributed by atoms with E-state index in [1.807, 2.05) is 41.1 Å². The molecule has 0 unspecified atom stereocenters. The molecule has 0 bridgehead atoms. The van der Waals surface area contributed by atoms with Crippen molar-refractivity contribution in [1.82, 2.24) is 20.0 Å². The average molecular weight is 340 g/mol. The van der Waals surface area contributed by atoms with E-state index in [1.54, 1.807) is 6.20 Å². The minimum Gasteiger partial charge on any atom is -0.480 e. The molecule has 25 heavy (non-hydrogen) atoms. The van der Waals surface area contributed by atoms with Gasteiger partial charge in [0.05, 0.1) is 11.4 Å². The first kappa shape index (κ1) is 16.3. The quantitative estimate of drug-likeness (QED) is 0.890. The molecule has 2 N–H and O–H groups in total. The standard InChI is InChI=1S/C19H24N4O2/c24-18(25)17-12-19(7-10-20-11-8-19)14-22(17)13-16-6-9-21-23(16)15-4-2-1-3-5-15/h1-6,9,17,20H,7-8,10-14H2,(H,24,25)/t17-/m0/s1. The normalized spacial score (nSPS) is 23.1. The molecule has 4 rings (SSSR count). The van der Waals surface area contributed by atoms with Crippen molar-refractivity contribution in [1.29, 1.82) is 0 Å². The van der Waals surface area contributed by atoms with Crippen LogP contribution in [0.2, 0.25) is 0 Å². The molecule has 1 atom stereocenters. The Bertz CT molecular complexity index is 737. The number of aliphatic carboxylic acids is 1. The summed E-state index contributed by atoms with van der Waals surface area (Å²) >= 11 is 0. The number of nitrogens with one attached hydrogen (secondary N) is 1. The van der Waals surface area contributed by atoms with E-state index in [0.29, 0.717) is 6.54 Å². The average Bonchev–Trinajstić information content (AvgIpc) is 3.22. The molecule has 3 heterocycles. The van der Waals surface area contributed by atoms with Crippen LogP contribution in [0.5, 0.6) is 0 Å². The SMILES string of the molecule is O=C(O)[C@@H]1CC2(CCNCC2)CN1Cc1ccnn1-c1ccccc1. The van der Waals surface area contributed by atoms with Gasteiger partial charge in [-0.05, 0) is 56.0 Å². The van der Waals surface area contributed by atoms with Gasteiger partial charge < -0.3 is 10.4 Å². The highest BCUT2D eigenvalue weighted by Gasteiger charge is 2.47. The van der Waals surface area contributed by atoms with Gasteiger partial charge in [0.15, 0.2) is 0 Å². The van der Waals surface area contributed by atoms with E-state index in [1.165, 1.54) is 0 Å². The van der Waals surface area contributed by atoms with Crippen molar-refractivity contribution in [3.8, 4) is 5.69 Å². The van der Waals surface area contributed by atoms with Gasteiger partial charge in [0.2, 0.25) is 0 Å². The van der Waals surface area contributed by atoms with Crippen LogP contribution in [0.3, 0.4) is 0 Å². The molecular formula is C19H24N4O2. The number of benzene rings is 1. The van der Waals surface area contributed by atoms with Crippen LogP contribution in [0.4, 0.5) is 0 Å². The molecule has 0 radical (unpaired) electrons. The molecule has 2 aliphatic heterocycles. The predicted octanol–water partition coefficient (Wildman–Crippen LogP) is 1.90. The maximum atomic E-state index is 11.8. The maximum Gasteiger partial charge on any atom is 0.320 e. The monoisotopic (exact) mass is 340 g/mol. The molecule has 2 fully saturated rings. The van der Waals surface area contributed by atoms with Gasteiger partial charge in [-0.15, -0.1) is 0 Å². The van der Waals surface area contributed by atoms with Crippen LogP contribution in [0.25, 0.3) is 5.69 Å². The molecule has 2 saturated heterocycles. The predicted molar refractivity (Wildman–Crippen MR) is 94.6 cm³/mol. The third-order valence-electron chi connectivity index (χ3n) is 5.64. The van der Waals surface area contributed by atoms with E-state index in [2.05, 4.69) is 15.3 Å². The van der Waals surface area contributed by atoms with Gasteiger partial charge in [-0.1, -0.05) is 18.2 Å². The molecule has 2 aliphatic rings. The zero-order valence-electron chi connectivity index (χ0n) is 14.3. The van der Waals surface area contributed by atoms with E-state index >= 15 is 0 Å². The number of carboxylic acids is 1. The summed E-state index contributed by atoms with van der Waals surface area (Å²) in [6.45, 7) is 3.44. The Kier molecular flexibility index (Phi) is 4.31. The fraction of sp³-hybridized carbons (Fsp3) is 0.474. The Morgan fingerprint density at radius 2 is 2.00 bits per heavy atom. The van der Waals surface area contributed by atoms with Crippen LogP contribution in [-0.2, 0) is 11.3 Å². The minimum atomic E-state index is -0.707. The van der Waals surface area contributed by atoms with Crippen molar-refractivity contribution in [2.24, 2.45) is 5.41 Å². The summed E-state index contributed by atoms with van der Waals surface area (Å²) in [5.41, 5.74) is 2.18. The second kappa shape index (κ2) is 6.61. The molecule has 0 saturated carbocycles. The first-order chi connectivity index (χ1) is 12.2. The number of nitrogens with zero attached hydrogens (tertiary/aromatic N) is 3. The molecule has 1 aromatic heterocycles. The fourth-order valence-corrected chi connectivity index (χ4v) is 4.33. The number of carboxylic acid groups (broad SMARTS) is 1. The van der Waals surface area contributed by atoms with Crippen molar-refractivity contribution in [2.75, 3.05) is 19.6 Å². The third kappa shape index (κ3) is 3.19. The first-order valence-electron chi connectivity index (χ1n) is 8.93. The van der Waals surface area contributed by atoms with Gasteiger partial charge in [0.25, 0.3) is 0 Å². The molecule has 6 nitrogen and oxygen atoms in total. The van der Waals surface area contributed by atoms with E-state index in [-0.39, 0.29) is 5.41 Å². The second-order valence-corrected chi connectivity index (χ2v) is 7.28. The molecule has 132 valence electrons. The van der Waals surface area contributed by atoms with Crippen LogP contribution in [0, 0.1) is 5.41 Å². The zero-order chi connectivity index (χ0) is 17.3. The molecule has 1 spiro atoms. The molecule has 0 amide bonds. The highest BCUT2D eigenvalue weighted by molar-refractivity contribution is 5.74. The van der Waals surface area contributed by atoms with Gasteiger partial charge in [-0.3, -0.25) is 9.69 Å². The smallest absolute Gasteiger partial charge is 0.320 e. The highest BCUT2D eigenvalue weighted by atomic mass is 16.4. The number of para-hydroxylation sites is 1. The highest BCUT2D eigenvalue weighted by Crippen LogP contribution is 2.42. The second-order valence-electron chi connectivity index (χ2n) is 7.28. The summed E-state index contributed by atoms with van der Waals surface area (Å²) < 4.78 is 1.91. The lowest BCUT2D eigenvalue weighted by atomic mass is 9.77. The number of aromatic nitrogens is 2. The third-order valence-corrected chi connectivity index (χ3v) is 5.64. The Balaban J connectivity index is 1.57. The Hall–Kier alpha value is -2.18. The Labute approximate surface area is 147 Å². The zero-order valence-corrected chi connectivity index (χ0v) is 14.3. The van der Waals surface area contributed by atoms with Crippen LogP contribution in [0.15, 0.2) is 42.6 Å². The van der Waals surface area contributed by atoms with Gasteiger partial charge in [0.1, 0.15) is 6.04 Å². The lowest BCUT2D eigenvalue weighted by molar-refractivity contribution is -0.142. The lowest BCUT2D eigenvalue weighted by Gasteiger charge is -2.33. The van der Waals surface area contributed by atoms with Gasteiger partial charge >= 0.3 is 5.97 Å². The maximum absolute atomic E-state index is 11.8. The summed E-state index contributed by atoms with van der Waals surface area (Å²) in [4.78, 5) is 14.0. The number of hydrogen-bond donors (Lipinski definition) is 2. The van der Waals surface area contributed by atoms with Crippen molar-refractivity contribution in [3.63, 3.8) is 0 Å². The Morgan fingerprint density at radius 1 is 1.24 bits per heavy atom. The van der Waals surface area contributed by atoms with E-state index in [4.69, 9.17) is 0 Å². The summed E-state index contributed by atoms with van der Waals surface area (Å²) in [6.07, 6.45) is 4.66. The summed E-state index contributed by atoms with van der Waals surface area (Å²) in [5, 5.41) is 17.6. The van der Waals surface area contributed by atoms with Crippen molar-refractivity contribution in [2.45, 2.75) is 31.8 Å². The molecule has 0 aliphatic carbocycles. The number of likely N-dealkylation sites (tertiary alicyclic amines) is 1. The molecule has 1 aromatic carbocycles. The molecule has 6 heteroatoms. The molecular weight excluding hydrogens is 316 g/mol. The van der Waals surface area contributed by atoms with Gasteiger partial charge in [-0.25, -0.2) is 4.68 Å². The number of piperidine rings is 1. The fourth-order valence-electron chi connectivity index (χ4n) is 4.33. The van der Waals surface area contributed by atoms with Crippen molar-refractivity contribution < 1.29 is 9.90 Å². The van der Waals surface area contributed by atoms with Gasteiger partial charge in [-0.2, -0.15) is 5.10 Å². The van der Waals surface area contributed by atoms with Crippen LogP contribution >= 0.6 is 0 Å². The minimum absolute atomic E-state index is 0.145. The van der Waals surface area contributed by atoms with Gasteiger partial charge in [0, 0.05) is 19.3 Å². The Morgan fingerprint density at radius 3 is 2.72 bits per heavy atom. The lowest BCUT2D eigenvalue weighted by Crippen LogP contribution is -2.39. The van der Waals surface area contributed by atoms with E-state index in [0.717, 1.165) is 50.3 Å². The van der Waals surface area contributed by atoms with Crippen molar-refractivity contribution >= 4 is 5.97 Å². The van der Waals surface area contributed by atoms with E-state index < -0.39 is 12.0 Å². The van der Waals surface area contributed by atoms with Crippen LogP contribution in [-0.4, -0.2) is 51.4 Å². The van der Waals surface area contributed by atoms with Crippen LogP contribution in [0.1, 0.15) is 25.0 Å². The topological polar surface area (TPSA) is 70.4 Å². The van der Waals surface area contributed by atoms with E-state index in [9.17, 15) is 9.90 Å². The summed E-state index contributed by atoms with van der Waals surface area (Å²) in [5.74, 6) is -0.707. The molecule has 2 aromatic rings.